The van der Waals surface area contributed by atoms with Crippen LogP contribution in [-0.4, -0.2) is 32.4 Å². The molecule has 0 aliphatic heterocycles. The Kier molecular flexibility index (Phi) is 5.30. The molecule has 3 rings (SSSR count). The molecule has 2 aromatic heterocycles. The smallest absolute Gasteiger partial charge is 0.222 e. The molecule has 3 aromatic rings. The van der Waals surface area contributed by atoms with Gasteiger partial charge in [-0.1, -0.05) is 6.07 Å². The Labute approximate surface area is 163 Å². The number of hydrogen-bond acceptors (Lipinski definition) is 6. The van der Waals surface area contributed by atoms with Gasteiger partial charge in [0.25, 0.3) is 0 Å². The van der Waals surface area contributed by atoms with Crippen molar-refractivity contribution in [3.8, 4) is 0 Å². The number of nitrogens with one attached hydrogen (secondary N) is 2. The van der Waals surface area contributed by atoms with Crippen molar-refractivity contribution in [2.75, 3.05) is 5.73 Å². The minimum atomic E-state index is -0.122. The molecule has 0 bridgehead atoms. The summed E-state index contributed by atoms with van der Waals surface area (Å²) in [4.78, 5) is 16.5. The number of aromatic nitrogens is 3. The predicted molar refractivity (Wildman–Crippen MR) is 112 cm³/mol. The van der Waals surface area contributed by atoms with Crippen molar-refractivity contribution in [2.24, 2.45) is 5.73 Å². The second kappa shape index (κ2) is 7.67. The highest BCUT2D eigenvalue weighted by Crippen LogP contribution is 2.29. The Balaban J connectivity index is 2.01. The standard InChI is InChI=1S/C20H25N7O/c1-11(2)24-18(28)8-12(3)27-10-15-19(26-27)14-5-4-13(16(22)6-7-21)9-17(14)25-20(15)23/h4-7,9-12,22H,8,21H2,1-3H3,(H2,23,25)(H,24,28)/b7-6-,22-16?. The van der Waals surface area contributed by atoms with Crippen molar-refractivity contribution in [1.29, 1.82) is 5.41 Å². The molecule has 2 heterocycles. The topological polar surface area (TPSA) is 136 Å². The number of allylic oxidation sites excluding steroid dienone is 1. The second-order valence-electron chi connectivity index (χ2n) is 7.15. The van der Waals surface area contributed by atoms with Crippen molar-refractivity contribution in [2.45, 2.75) is 39.3 Å². The van der Waals surface area contributed by atoms with Crippen LogP contribution in [0.2, 0.25) is 0 Å². The van der Waals surface area contributed by atoms with E-state index in [0.29, 0.717) is 29.0 Å². The SMILES string of the molecule is CC(C)NC(=O)CC(C)n1cc2c(N)nc3cc(C(=N)/C=C\N)ccc3c2n1. The molecule has 1 unspecified atom stereocenters. The fourth-order valence-corrected chi connectivity index (χ4v) is 3.12. The normalized spacial score (nSPS) is 12.9. The van der Waals surface area contributed by atoms with E-state index in [-0.39, 0.29) is 18.0 Å². The number of fused-ring (bicyclic) bond motifs is 3. The maximum atomic E-state index is 12.1. The fraction of sp³-hybridized carbons (Fsp3) is 0.300. The van der Waals surface area contributed by atoms with E-state index in [2.05, 4.69) is 15.4 Å². The summed E-state index contributed by atoms with van der Waals surface area (Å²) in [5, 5.41) is 17.2. The van der Waals surface area contributed by atoms with Gasteiger partial charge < -0.3 is 22.2 Å². The van der Waals surface area contributed by atoms with E-state index >= 15 is 0 Å². The highest BCUT2D eigenvalue weighted by atomic mass is 16.1. The molecule has 8 heteroatoms. The van der Waals surface area contributed by atoms with E-state index in [1.807, 2.05) is 39.1 Å². The zero-order valence-electron chi connectivity index (χ0n) is 16.2. The summed E-state index contributed by atoms with van der Waals surface area (Å²) in [6, 6.07) is 5.49. The summed E-state index contributed by atoms with van der Waals surface area (Å²) in [6.07, 6.45) is 5.00. The molecular formula is C20H25N7O. The molecule has 0 radical (unpaired) electrons. The second-order valence-corrected chi connectivity index (χ2v) is 7.15. The Morgan fingerprint density at radius 2 is 2.07 bits per heavy atom. The Morgan fingerprint density at radius 1 is 1.32 bits per heavy atom. The number of carbonyl (C=O) groups excluding carboxylic acids is 1. The maximum absolute atomic E-state index is 12.1. The van der Waals surface area contributed by atoms with E-state index < -0.39 is 0 Å². The largest absolute Gasteiger partial charge is 0.405 e. The van der Waals surface area contributed by atoms with Crippen LogP contribution in [0.25, 0.3) is 21.8 Å². The number of pyridine rings is 1. The van der Waals surface area contributed by atoms with E-state index in [9.17, 15) is 4.79 Å². The van der Waals surface area contributed by atoms with Gasteiger partial charge in [-0.2, -0.15) is 5.10 Å². The van der Waals surface area contributed by atoms with Crippen LogP contribution in [-0.2, 0) is 4.79 Å². The molecule has 1 aromatic carbocycles. The number of nitrogen functional groups attached to an aromatic ring is 1. The number of hydrogen-bond donors (Lipinski definition) is 4. The molecule has 0 saturated heterocycles. The first-order valence-corrected chi connectivity index (χ1v) is 9.14. The number of nitrogens with two attached hydrogens (primary N) is 2. The van der Waals surface area contributed by atoms with Gasteiger partial charge in [-0.3, -0.25) is 9.48 Å². The van der Waals surface area contributed by atoms with Crippen molar-refractivity contribution in [3.05, 3.63) is 42.2 Å². The lowest BCUT2D eigenvalue weighted by Crippen LogP contribution is -2.31. The van der Waals surface area contributed by atoms with Gasteiger partial charge in [-0.05, 0) is 45.2 Å². The molecule has 0 fully saturated rings. The van der Waals surface area contributed by atoms with Crippen molar-refractivity contribution >= 4 is 39.2 Å². The summed E-state index contributed by atoms with van der Waals surface area (Å²) >= 11 is 0. The van der Waals surface area contributed by atoms with Crippen LogP contribution >= 0.6 is 0 Å². The number of benzene rings is 1. The van der Waals surface area contributed by atoms with Crippen molar-refractivity contribution in [1.82, 2.24) is 20.1 Å². The highest BCUT2D eigenvalue weighted by molar-refractivity contribution is 6.12. The van der Waals surface area contributed by atoms with Gasteiger partial charge >= 0.3 is 0 Å². The molecule has 146 valence electrons. The Morgan fingerprint density at radius 3 is 2.75 bits per heavy atom. The summed E-state index contributed by atoms with van der Waals surface area (Å²) in [5.74, 6) is 0.347. The number of carbonyl (C=O) groups is 1. The summed E-state index contributed by atoms with van der Waals surface area (Å²) in [7, 11) is 0. The van der Waals surface area contributed by atoms with E-state index in [0.717, 1.165) is 16.3 Å². The first-order chi connectivity index (χ1) is 13.3. The number of rotatable bonds is 6. The van der Waals surface area contributed by atoms with E-state index in [1.54, 1.807) is 10.7 Å². The molecule has 1 amide bonds. The highest BCUT2D eigenvalue weighted by Gasteiger charge is 2.17. The third-order valence-corrected chi connectivity index (χ3v) is 4.46. The van der Waals surface area contributed by atoms with E-state index in [4.69, 9.17) is 16.9 Å². The quantitative estimate of drug-likeness (QED) is 0.488. The predicted octanol–water partition coefficient (Wildman–Crippen LogP) is 2.48. The van der Waals surface area contributed by atoms with Gasteiger partial charge in [0, 0.05) is 29.6 Å². The van der Waals surface area contributed by atoms with Crippen LogP contribution in [0.1, 0.15) is 38.8 Å². The first kappa shape index (κ1) is 19.3. The van der Waals surface area contributed by atoms with Crippen LogP contribution in [0.3, 0.4) is 0 Å². The monoisotopic (exact) mass is 379 g/mol. The molecular weight excluding hydrogens is 354 g/mol. The summed E-state index contributed by atoms with van der Waals surface area (Å²) in [6.45, 7) is 5.80. The summed E-state index contributed by atoms with van der Waals surface area (Å²) in [5.41, 5.74) is 13.9. The lowest BCUT2D eigenvalue weighted by atomic mass is 10.1. The molecule has 28 heavy (non-hydrogen) atoms. The van der Waals surface area contributed by atoms with Crippen molar-refractivity contribution < 1.29 is 4.79 Å². The van der Waals surface area contributed by atoms with Gasteiger partial charge in [0.2, 0.25) is 5.91 Å². The molecule has 8 nitrogen and oxygen atoms in total. The molecule has 0 aliphatic carbocycles. The van der Waals surface area contributed by atoms with Gasteiger partial charge in [0.05, 0.1) is 22.7 Å². The van der Waals surface area contributed by atoms with Gasteiger partial charge in [-0.25, -0.2) is 4.98 Å². The fourth-order valence-electron chi connectivity index (χ4n) is 3.12. The number of anilines is 1. The molecule has 0 aliphatic rings. The first-order valence-electron chi connectivity index (χ1n) is 9.14. The zero-order chi connectivity index (χ0) is 20.4. The lowest BCUT2D eigenvalue weighted by Gasteiger charge is -2.13. The van der Waals surface area contributed by atoms with Crippen LogP contribution in [0.15, 0.2) is 36.7 Å². The molecule has 1 atom stereocenters. The van der Waals surface area contributed by atoms with Gasteiger partial charge in [-0.15, -0.1) is 0 Å². The minimum Gasteiger partial charge on any atom is -0.405 e. The minimum absolute atomic E-state index is 0.0193. The molecule has 0 spiro atoms. The number of nitrogens with zero attached hydrogens (tertiary/aromatic N) is 3. The third-order valence-electron chi connectivity index (χ3n) is 4.46. The third kappa shape index (κ3) is 3.80. The maximum Gasteiger partial charge on any atom is 0.222 e. The van der Waals surface area contributed by atoms with Crippen LogP contribution < -0.4 is 16.8 Å². The molecule has 6 N–H and O–H groups in total. The molecule has 0 saturated carbocycles. The van der Waals surface area contributed by atoms with Gasteiger partial charge in [0.1, 0.15) is 11.3 Å². The average molecular weight is 379 g/mol. The zero-order valence-corrected chi connectivity index (χ0v) is 16.2. The van der Waals surface area contributed by atoms with Crippen LogP contribution in [0.4, 0.5) is 5.82 Å². The Bertz CT molecular complexity index is 1080. The van der Waals surface area contributed by atoms with Crippen LogP contribution in [0.5, 0.6) is 0 Å². The summed E-state index contributed by atoms with van der Waals surface area (Å²) < 4.78 is 1.76. The van der Waals surface area contributed by atoms with Crippen molar-refractivity contribution in [3.63, 3.8) is 0 Å². The number of amides is 1. The van der Waals surface area contributed by atoms with E-state index in [1.165, 1.54) is 12.3 Å². The average Bonchev–Trinajstić information content (AvgIpc) is 3.07. The van der Waals surface area contributed by atoms with Crippen LogP contribution in [0, 0.1) is 5.41 Å². The Hall–Kier alpha value is -3.42. The van der Waals surface area contributed by atoms with Gasteiger partial charge in [0.15, 0.2) is 0 Å². The lowest BCUT2D eigenvalue weighted by molar-refractivity contribution is -0.122.